The van der Waals surface area contributed by atoms with Crippen LogP contribution < -0.4 is 0 Å². The minimum atomic E-state index is -0.647. The molecule has 0 radical (unpaired) electrons. The summed E-state index contributed by atoms with van der Waals surface area (Å²) in [5.74, 6) is 1.68. The Bertz CT molecular complexity index is 284. The van der Waals surface area contributed by atoms with Gasteiger partial charge in [-0.05, 0) is 12.2 Å². The van der Waals surface area contributed by atoms with Gasteiger partial charge in [0.25, 0.3) is 0 Å². The maximum absolute atomic E-state index is 10.2. The van der Waals surface area contributed by atoms with Gasteiger partial charge in [0.05, 0.1) is 15.6 Å². The van der Waals surface area contributed by atoms with E-state index < -0.39 is 5.38 Å². The number of hydrogen-bond acceptors (Lipinski definition) is 1. The Morgan fingerprint density at radius 1 is 1.36 bits per heavy atom. The first-order valence-corrected chi connectivity index (χ1v) is 3.98. The van der Waals surface area contributed by atoms with E-state index in [1.165, 1.54) is 12.2 Å². The molecule has 0 bridgehead atoms. The summed E-state index contributed by atoms with van der Waals surface area (Å²) >= 11 is 17.0. The number of rotatable bonds is 0. The molecule has 0 aromatic heterocycles. The third-order valence-electron chi connectivity index (χ3n) is 1.25. The van der Waals surface area contributed by atoms with Gasteiger partial charge in [-0.15, -0.1) is 11.6 Å². The molecular weight excluding hydrogens is 206 g/mol. The zero-order valence-corrected chi connectivity index (χ0v) is 7.54. The second-order valence-electron chi connectivity index (χ2n) is 1.95. The van der Waals surface area contributed by atoms with Crippen LogP contribution in [0.2, 0.25) is 0 Å². The highest BCUT2D eigenvalue weighted by Crippen LogP contribution is 2.31. The quantitative estimate of drug-likeness (QED) is 0.443. The van der Waals surface area contributed by atoms with Gasteiger partial charge in [0.15, 0.2) is 0 Å². The number of halogens is 3. The highest BCUT2D eigenvalue weighted by molar-refractivity contribution is 6.45. The van der Waals surface area contributed by atoms with Crippen molar-refractivity contribution in [3.05, 3.63) is 27.8 Å². The first-order valence-electron chi connectivity index (χ1n) is 2.79. The number of carbonyl (C=O) groups excluding carboxylic acids is 1. The van der Waals surface area contributed by atoms with Crippen molar-refractivity contribution in [2.24, 2.45) is 0 Å². The van der Waals surface area contributed by atoms with Crippen LogP contribution in [0.4, 0.5) is 0 Å². The van der Waals surface area contributed by atoms with Crippen molar-refractivity contribution >= 4 is 40.7 Å². The molecule has 1 nitrogen and oxygen atoms in total. The summed E-state index contributed by atoms with van der Waals surface area (Å²) in [7, 11) is 0. The minimum absolute atomic E-state index is 0.272. The average molecular weight is 209 g/mol. The molecule has 1 atom stereocenters. The Morgan fingerprint density at radius 2 is 2.00 bits per heavy atom. The average Bonchev–Trinajstić information content (AvgIpc) is 2.01. The fourth-order valence-corrected chi connectivity index (χ4v) is 1.31. The van der Waals surface area contributed by atoms with Gasteiger partial charge in [-0.1, -0.05) is 23.2 Å². The van der Waals surface area contributed by atoms with Crippen LogP contribution in [0, 0.1) is 0 Å². The van der Waals surface area contributed by atoms with Crippen LogP contribution in [-0.4, -0.2) is 11.3 Å². The molecule has 0 N–H and O–H groups in total. The van der Waals surface area contributed by atoms with Crippen molar-refractivity contribution in [1.29, 1.82) is 0 Å². The van der Waals surface area contributed by atoms with Crippen molar-refractivity contribution in [2.45, 2.75) is 5.38 Å². The summed E-state index contributed by atoms with van der Waals surface area (Å²) in [6, 6.07) is 0. The van der Waals surface area contributed by atoms with Gasteiger partial charge in [0, 0.05) is 0 Å². The topological polar surface area (TPSA) is 17.1 Å². The molecule has 58 valence electrons. The highest BCUT2D eigenvalue weighted by atomic mass is 35.5. The predicted octanol–water partition coefficient (Wildman–Crippen LogP) is 2.61. The molecule has 4 heteroatoms. The summed E-state index contributed by atoms with van der Waals surface area (Å²) < 4.78 is 0. The molecule has 1 unspecified atom stereocenters. The van der Waals surface area contributed by atoms with Crippen molar-refractivity contribution in [2.75, 3.05) is 0 Å². The summed E-state index contributed by atoms with van der Waals surface area (Å²) in [5.41, 5.74) is 0.307. The highest BCUT2D eigenvalue weighted by Gasteiger charge is 2.20. The SMILES string of the molecule is O=C=C1C=CC(Cl)=C(Cl)C1Cl. The molecular formula is C7H3Cl3O. The van der Waals surface area contributed by atoms with Crippen molar-refractivity contribution in [3.63, 3.8) is 0 Å². The second-order valence-corrected chi connectivity index (χ2v) is 3.20. The third kappa shape index (κ3) is 1.69. The monoisotopic (exact) mass is 208 g/mol. The Hall–Kier alpha value is -0.200. The predicted molar refractivity (Wildman–Crippen MR) is 46.7 cm³/mol. The Balaban J connectivity index is 3.10. The van der Waals surface area contributed by atoms with Crippen LogP contribution in [-0.2, 0) is 4.79 Å². The fraction of sp³-hybridized carbons (Fsp3) is 0.143. The number of hydrogen-bond donors (Lipinski definition) is 0. The Labute approximate surface area is 78.9 Å². The van der Waals surface area contributed by atoms with E-state index in [0.29, 0.717) is 10.6 Å². The summed E-state index contributed by atoms with van der Waals surface area (Å²) in [6.07, 6.45) is 3.02. The molecule has 0 aromatic carbocycles. The lowest BCUT2D eigenvalue weighted by Gasteiger charge is -2.11. The zero-order valence-electron chi connectivity index (χ0n) is 5.27. The lowest BCUT2D eigenvalue weighted by molar-refractivity contribution is 0.567. The smallest absolute Gasteiger partial charge is 0.129 e. The van der Waals surface area contributed by atoms with Gasteiger partial charge in [0.1, 0.15) is 11.3 Å². The lowest BCUT2D eigenvalue weighted by Crippen LogP contribution is -2.06. The van der Waals surface area contributed by atoms with E-state index in [1.54, 1.807) is 5.94 Å². The molecule has 0 amide bonds. The van der Waals surface area contributed by atoms with Crippen LogP contribution in [0.3, 0.4) is 0 Å². The number of allylic oxidation sites excluding steroid dienone is 5. The van der Waals surface area contributed by atoms with Crippen LogP contribution in [0.5, 0.6) is 0 Å². The molecule has 0 aromatic rings. The van der Waals surface area contributed by atoms with E-state index in [9.17, 15) is 4.79 Å². The zero-order chi connectivity index (χ0) is 8.43. The molecule has 0 saturated carbocycles. The standard InChI is InChI=1S/C7H3Cl3O/c8-5-2-1-4(3-11)6(9)7(5)10/h1-2,6H. The third-order valence-corrected chi connectivity index (χ3v) is 2.66. The van der Waals surface area contributed by atoms with Crippen molar-refractivity contribution in [3.8, 4) is 0 Å². The molecule has 11 heavy (non-hydrogen) atoms. The maximum atomic E-state index is 10.2. The van der Waals surface area contributed by atoms with Crippen LogP contribution in [0.25, 0.3) is 0 Å². The maximum Gasteiger partial charge on any atom is 0.129 e. The van der Waals surface area contributed by atoms with Crippen molar-refractivity contribution < 1.29 is 4.79 Å². The van der Waals surface area contributed by atoms with Crippen molar-refractivity contribution in [1.82, 2.24) is 0 Å². The summed E-state index contributed by atoms with van der Waals surface area (Å²) in [6.45, 7) is 0. The van der Waals surface area contributed by atoms with E-state index in [1.807, 2.05) is 0 Å². The van der Waals surface area contributed by atoms with E-state index >= 15 is 0 Å². The van der Waals surface area contributed by atoms with Crippen LogP contribution in [0.15, 0.2) is 27.8 Å². The van der Waals surface area contributed by atoms with Gasteiger partial charge in [-0.2, -0.15) is 0 Å². The Morgan fingerprint density at radius 3 is 2.55 bits per heavy atom. The van der Waals surface area contributed by atoms with Gasteiger partial charge >= 0.3 is 0 Å². The lowest BCUT2D eigenvalue weighted by atomic mass is 10.1. The molecule has 0 heterocycles. The number of alkyl halides is 1. The molecule has 1 aliphatic carbocycles. The Kier molecular flexibility index (Phi) is 2.80. The van der Waals surface area contributed by atoms with Gasteiger partial charge in [-0.25, -0.2) is 4.79 Å². The van der Waals surface area contributed by atoms with Crippen LogP contribution in [0.1, 0.15) is 0 Å². The molecule has 1 aliphatic rings. The van der Waals surface area contributed by atoms with E-state index in [2.05, 4.69) is 0 Å². The molecule has 0 saturated heterocycles. The largest absolute Gasteiger partial charge is 0.233 e. The second kappa shape index (κ2) is 3.46. The van der Waals surface area contributed by atoms with Gasteiger partial charge < -0.3 is 0 Å². The van der Waals surface area contributed by atoms with Gasteiger partial charge in [0.2, 0.25) is 0 Å². The molecule has 0 fully saturated rings. The molecule has 0 aliphatic heterocycles. The normalized spacial score (nSPS) is 23.9. The van der Waals surface area contributed by atoms with Crippen LogP contribution >= 0.6 is 34.8 Å². The van der Waals surface area contributed by atoms with Gasteiger partial charge in [-0.3, -0.25) is 0 Å². The van der Waals surface area contributed by atoms with E-state index in [4.69, 9.17) is 34.8 Å². The molecule has 0 spiro atoms. The summed E-state index contributed by atoms with van der Waals surface area (Å²) in [5, 5.41) is -0.00785. The summed E-state index contributed by atoms with van der Waals surface area (Å²) in [4.78, 5) is 10.2. The molecule has 1 rings (SSSR count). The minimum Gasteiger partial charge on any atom is -0.233 e. The first-order chi connectivity index (χ1) is 5.16. The van der Waals surface area contributed by atoms with E-state index in [-0.39, 0.29) is 5.03 Å². The van der Waals surface area contributed by atoms with E-state index in [0.717, 1.165) is 0 Å². The first kappa shape index (κ1) is 8.89. The fourth-order valence-electron chi connectivity index (χ4n) is 0.670.